The van der Waals surface area contributed by atoms with Gasteiger partial charge in [-0.2, -0.15) is 0 Å². The fourth-order valence-electron chi connectivity index (χ4n) is 4.29. The number of rotatable bonds is 5. The second-order valence-corrected chi connectivity index (χ2v) is 8.29. The minimum Gasteiger partial charge on any atom is -0.507 e. The number of ether oxygens (including phenoxy) is 2. The molecule has 170 valence electrons. The number of benzene rings is 2. The van der Waals surface area contributed by atoms with Crippen LogP contribution in [0, 0.1) is 6.92 Å². The summed E-state index contributed by atoms with van der Waals surface area (Å²) in [6, 6.07) is 14.9. The highest BCUT2D eigenvalue weighted by Gasteiger charge is 2.32. The summed E-state index contributed by atoms with van der Waals surface area (Å²) in [4.78, 5) is 17.5. The predicted molar refractivity (Wildman–Crippen MR) is 125 cm³/mol. The molecule has 1 N–H and O–H groups in total. The Bertz CT molecular complexity index is 1200. The summed E-state index contributed by atoms with van der Waals surface area (Å²) < 4.78 is 16.7. The van der Waals surface area contributed by atoms with Crippen LogP contribution in [-0.4, -0.2) is 49.1 Å². The van der Waals surface area contributed by atoms with Gasteiger partial charge in [0.15, 0.2) is 5.76 Å². The number of methoxy groups -OCH3 is 1. The third kappa shape index (κ3) is 4.19. The van der Waals surface area contributed by atoms with E-state index in [1.165, 1.54) is 0 Å². The van der Waals surface area contributed by atoms with Gasteiger partial charge < -0.3 is 23.9 Å². The van der Waals surface area contributed by atoms with Crippen molar-refractivity contribution in [1.29, 1.82) is 0 Å². The minimum atomic E-state index is -0.204. The van der Waals surface area contributed by atoms with E-state index < -0.39 is 0 Å². The predicted octanol–water partition coefficient (Wildman–Crippen LogP) is 4.24. The molecule has 1 saturated heterocycles. The molecule has 0 spiro atoms. The Hall–Kier alpha value is -3.71. The number of aryl methyl sites for hydroxylation is 1. The molecule has 5 rings (SSSR count). The molecular formula is C26H26N2O5. The molecule has 7 heteroatoms. The number of nitrogens with zero attached hydrogens (tertiary/aromatic N) is 2. The fraction of sp³-hybridized carbons (Fsp3) is 0.269. The molecular weight excluding hydrogens is 420 g/mol. The molecule has 0 radical (unpaired) electrons. The van der Waals surface area contributed by atoms with E-state index in [4.69, 9.17) is 13.9 Å². The lowest BCUT2D eigenvalue weighted by atomic mass is 10.0. The lowest BCUT2D eigenvalue weighted by Gasteiger charge is -2.36. The van der Waals surface area contributed by atoms with Crippen LogP contribution in [0.4, 0.5) is 5.69 Å². The average Bonchev–Trinajstić information content (AvgIpc) is 3.39. The van der Waals surface area contributed by atoms with Crippen LogP contribution in [0.1, 0.15) is 27.4 Å². The SMILES string of the molecule is COc1ccc(N2CCN(Cc3c(O)ccc4c3O/C(=C\c3ccc(C)o3)C4=O)CC2)cc1. The fourth-order valence-corrected chi connectivity index (χ4v) is 4.29. The molecule has 33 heavy (non-hydrogen) atoms. The van der Waals surface area contributed by atoms with Crippen molar-refractivity contribution in [2.45, 2.75) is 13.5 Å². The first-order chi connectivity index (χ1) is 16.0. The molecule has 7 nitrogen and oxygen atoms in total. The van der Waals surface area contributed by atoms with Crippen molar-refractivity contribution < 1.29 is 23.8 Å². The molecule has 0 saturated carbocycles. The topological polar surface area (TPSA) is 75.4 Å². The Labute approximate surface area is 192 Å². The number of anilines is 1. The summed E-state index contributed by atoms with van der Waals surface area (Å²) in [6.07, 6.45) is 1.60. The van der Waals surface area contributed by atoms with Crippen molar-refractivity contribution in [1.82, 2.24) is 4.90 Å². The molecule has 1 aromatic heterocycles. The number of fused-ring (bicyclic) bond motifs is 1. The average molecular weight is 447 g/mol. The van der Waals surface area contributed by atoms with Gasteiger partial charge in [0.25, 0.3) is 0 Å². The van der Waals surface area contributed by atoms with Crippen LogP contribution in [0.5, 0.6) is 17.2 Å². The first kappa shape index (κ1) is 21.2. The van der Waals surface area contributed by atoms with Crippen molar-refractivity contribution in [3.05, 3.63) is 76.9 Å². The Morgan fingerprint density at radius 2 is 1.79 bits per heavy atom. The molecule has 2 aromatic carbocycles. The third-order valence-electron chi connectivity index (χ3n) is 6.14. The van der Waals surface area contributed by atoms with Crippen molar-refractivity contribution in [2.24, 2.45) is 0 Å². The molecule has 0 amide bonds. The first-order valence-electron chi connectivity index (χ1n) is 11.0. The molecule has 1 fully saturated rings. The molecule has 0 aliphatic carbocycles. The Kier molecular flexibility index (Phi) is 5.56. The van der Waals surface area contributed by atoms with Gasteiger partial charge in [-0.1, -0.05) is 0 Å². The molecule has 0 atom stereocenters. The van der Waals surface area contributed by atoms with E-state index in [0.29, 0.717) is 29.2 Å². The maximum Gasteiger partial charge on any atom is 0.232 e. The van der Waals surface area contributed by atoms with Gasteiger partial charge in [-0.3, -0.25) is 9.69 Å². The minimum absolute atomic E-state index is 0.134. The van der Waals surface area contributed by atoms with Crippen molar-refractivity contribution in [2.75, 3.05) is 38.2 Å². The van der Waals surface area contributed by atoms with E-state index in [1.807, 2.05) is 25.1 Å². The number of piperazine rings is 1. The van der Waals surface area contributed by atoms with Gasteiger partial charge in [0.05, 0.1) is 18.2 Å². The van der Waals surface area contributed by atoms with E-state index in [9.17, 15) is 9.90 Å². The number of hydrogen-bond donors (Lipinski definition) is 1. The number of furan rings is 1. The number of carbonyl (C=O) groups is 1. The van der Waals surface area contributed by atoms with E-state index >= 15 is 0 Å². The highest BCUT2D eigenvalue weighted by Crippen LogP contribution is 2.40. The maximum atomic E-state index is 12.9. The molecule has 0 bridgehead atoms. The number of allylic oxidation sites excluding steroid dienone is 1. The Morgan fingerprint density at radius 1 is 1.03 bits per heavy atom. The van der Waals surface area contributed by atoms with Crippen molar-refractivity contribution >= 4 is 17.5 Å². The van der Waals surface area contributed by atoms with E-state index in [-0.39, 0.29) is 17.3 Å². The monoisotopic (exact) mass is 446 g/mol. The number of hydrogen-bond acceptors (Lipinski definition) is 7. The summed E-state index contributed by atoms with van der Waals surface area (Å²) in [5.41, 5.74) is 2.27. The first-order valence-corrected chi connectivity index (χ1v) is 11.0. The van der Waals surface area contributed by atoms with Crippen LogP contribution < -0.4 is 14.4 Å². The molecule has 0 unspecified atom stereocenters. The zero-order chi connectivity index (χ0) is 22.9. The van der Waals surface area contributed by atoms with Gasteiger partial charge >= 0.3 is 0 Å². The quantitative estimate of drug-likeness (QED) is 0.588. The highest BCUT2D eigenvalue weighted by atomic mass is 16.5. The summed E-state index contributed by atoms with van der Waals surface area (Å²) in [5.74, 6) is 2.73. The standard InChI is InChI=1S/C26H26N2O5/c1-17-3-6-20(32-17)15-24-25(30)21-9-10-23(29)22(26(21)33-24)16-27-11-13-28(14-12-27)18-4-7-19(31-2)8-5-18/h3-10,15,29H,11-14,16H2,1-2H3/b24-15-. The van der Waals surface area contributed by atoms with Gasteiger partial charge in [-0.15, -0.1) is 0 Å². The number of Topliss-reactive ketones (excluding diaryl/α,β-unsaturated/α-hetero) is 1. The number of ketones is 1. The second-order valence-electron chi connectivity index (χ2n) is 8.29. The summed E-state index contributed by atoms with van der Waals surface area (Å²) in [6.45, 7) is 5.75. The summed E-state index contributed by atoms with van der Waals surface area (Å²) in [7, 11) is 1.66. The van der Waals surface area contributed by atoms with E-state index in [2.05, 4.69) is 21.9 Å². The van der Waals surface area contributed by atoms with Gasteiger partial charge in [0.2, 0.25) is 5.78 Å². The van der Waals surface area contributed by atoms with Crippen LogP contribution in [0.2, 0.25) is 0 Å². The van der Waals surface area contributed by atoms with Gasteiger partial charge in [0.1, 0.15) is 28.8 Å². The maximum absolute atomic E-state index is 12.9. The number of phenols is 1. The van der Waals surface area contributed by atoms with Crippen LogP contribution in [0.3, 0.4) is 0 Å². The van der Waals surface area contributed by atoms with Crippen LogP contribution in [-0.2, 0) is 6.54 Å². The number of aromatic hydroxyl groups is 1. The summed E-state index contributed by atoms with van der Waals surface area (Å²) in [5, 5.41) is 10.6. The van der Waals surface area contributed by atoms with Crippen molar-refractivity contribution in [3.8, 4) is 17.2 Å². The Balaban J connectivity index is 1.30. The number of carbonyl (C=O) groups excluding carboxylic acids is 1. The van der Waals surface area contributed by atoms with Crippen LogP contribution >= 0.6 is 0 Å². The lowest BCUT2D eigenvalue weighted by molar-refractivity contribution is 0.101. The molecule has 3 aromatic rings. The summed E-state index contributed by atoms with van der Waals surface area (Å²) >= 11 is 0. The third-order valence-corrected chi connectivity index (χ3v) is 6.14. The molecule has 3 heterocycles. The van der Waals surface area contributed by atoms with Crippen LogP contribution in [0.25, 0.3) is 6.08 Å². The van der Waals surface area contributed by atoms with Gasteiger partial charge in [-0.25, -0.2) is 0 Å². The van der Waals surface area contributed by atoms with E-state index in [1.54, 1.807) is 31.4 Å². The lowest BCUT2D eigenvalue weighted by Crippen LogP contribution is -2.46. The smallest absolute Gasteiger partial charge is 0.232 e. The second kappa shape index (κ2) is 8.67. The van der Waals surface area contributed by atoms with Gasteiger partial charge in [0, 0.05) is 44.5 Å². The van der Waals surface area contributed by atoms with Crippen LogP contribution in [0.15, 0.2) is 58.7 Å². The van der Waals surface area contributed by atoms with Gasteiger partial charge in [-0.05, 0) is 55.5 Å². The van der Waals surface area contributed by atoms with E-state index in [0.717, 1.165) is 43.4 Å². The van der Waals surface area contributed by atoms with Crippen molar-refractivity contribution in [3.63, 3.8) is 0 Å². The largest absolute Gasteiger partial charge is 0.507 e. The normalized spacial score (nSPS) is 17.3. The number of phenolic OH excluding ortho intramolecular Hbond substituents is 1. The zero-order valence-electron chi connectivity index (χ0n) is 18.7. The highest BCUT2D eigenvalue weighted by molar-refractivity contribution is 6.14. The molecule has 2 aliphatic heterocycles. The Morgan fingerprint density at radius 3 is 2.45 bits per heavy atom. The zero-order valence-corrected chi connectivity index (χ0v) is 18.7. The molecule has 2 aliphatic rings.